The van der Waals surface area contributed by atoms with Gasteiger partial charge in [-0.05, 0) is 54.0 Å². The summed E-state index contributed by atoms with van der Waals surface area (Å²) in [6, 6.07) is 16.8. The minimum absolute atomic E-state index is 0.0520. The smallest absolute Gasteiger partial charge is 0.0406 e. The van der Waals surface area contributed by atoms with E-state index in [1.807, 2.05) is 12.1 Å². The molecule has 1 unspecified atom stereocenters. The summed E-state index contributed by atoms with van der Waals surface area (Å²) in [6.45, 7) is 0. The van der Waals surface area contributed by atoms with Crippen molar-refractivity contribution in [3.05, 3.63) is 70.2 Å². The van der Waals surface area contributed by atoms with E-state index >= 15 is 0 Å². The van der Waals surface area contributed by atoms with Gasteiger partial charge in [0.05, 0.1) is 0 Å². The van der Waals surface area contributed by atoms with Gasteiger partial charge in [0, 0.05) is 11.1 Å². The summed E-state index contributed by atoms with van der Waals surface area (Å²) >= 11 is 5.91. The van der Waals surface area contributed by atoms with Crippen LogP contribution >= 0.6 is 11.6 Å². The Balaban J connectivity index is 1.72. The highest BCUT2D eigenvalue weighted by Crippen LogP contribution is 2.37. The minimum Gasteiger partial charge on any atom is -0.324 e. The van der Waals surface area contributed by atoms with Gasteiger partial charge in [-0.1, -0.05) is 54.4 Å². The Kier molecular flexibility index (Phi) is 4.09. The average Bonchev–Trinajstić information content (AvgIpc) is 2.40. The molecule has 2 heteroatoms. The van der Waals surface area contributed by atoms with Crippen molar-refractivity contribution >= 4 is 11.6 Å². The van der Waals surface area contributed by atoms with Gasteiger partial charge in [0.25, 0.3) is 0 Å². The summed E-state index contributed by atoms with van der Waals surface area (Å²) in [6.07, 6.45) is 4.88. The molecule has 0 amide bonds. The zero-order chi connectivity index (χ0) is 13.9. The predicted octanol–water partition coefficient (Wildman–Crippen LogP) is 4.85. The van der Waals surface area contributed by atoms with Crippen LogP contribution in [-0.4, -0.2) is 0 Å². The van der Waals surface area contributed by atoms with Crippen LogP contribution < -0.4 is 5.73 Å². The zero-order valence-corrected chi connectivity index (χ0v) is 12.3. The minimum atomic E-state index is 0.0520. The molecular weight excluding hydrogens is 266 g/mol. The topological polar surface area (TPSA) is 26.0 Å². The van der Waals surface area contributed by atoms with Gasteiger partial charge in [-0.25, -0.2) is 0 Å². The Hall–Kier alpha value is -1.31. The number of rotatable bonds is 4. The Morgan fingerprint density at radius 2 is 1.85 bits per heavy atom. The summed E-state index contributed by atoms with van der Waals surface area (Å²) in [5.74, 6) is 0.762. The lowest BCUT2D eigenvalue weighted by atomic mass is 9.79. The van der Waals surface area contributed by atoms with Crippen LogP contribution in [0, 0.1) is 0 Å². The third kappa shape index (κ3) is 3.05. The summed E-state index contributed by atoms with van der Waals surface area (Å²) in [5.41, 5.74) is 10.3. The maximum absolute atomic E-state index is 6.36. The molecule has 1 atom stereocenters. The molecule has 104 valence electrons. The first-order valence-electron chi connectivity index (χ1n) is 7.32. The molecule has 1 aliphatic carbocycles. The normalized spacial score (nSPS) is 16.7. The van der Waals surface area contributed by atoms with E-state index in [0.29, 0.717) is 0 Å². The van der Waals surface area contributed by atoms with Crippen molar-refractivity contribution in [2.24, 2.45) is 5.73 Å². The fourth-order valence-electron chi connectivity index (χ4n) is 2.78. The molecule has 2 aromatic rings. The molecule has 1 nitrogen and oxygen atoms in total. The van der Waals surface area contributed by atoms with E-state index in [1.165, 1.54) is 36.0 Å². The molecule has 20 heavy (non-hydrogen) atoms. The molecule has 0 heterocycles. The molecule has 0 bridgehead atoms. The molecule has 1 saturated carbocycles. The second kappa shape index (κ2) is 5.99. The second-order valence-corrected chi connectivity index (χ2v) is 6.17. The van der Waals surface area contributed by atoms with E-state index in [9.17, 15) is 0 Å². The highest BCUT2D eigenvalue weighted by Gasteiger charge is 2.20. The molecule has 2 aromatic carbocycles. The van der Waals surface area contributed by atoms with Crippen molar-refractivity contribution in [2.75, 3.05) is 0 Å². The summed E-state index contributed by atoms with van der Waals surface area (Å²) in [7, 11) is 0. The first-order chi connectivity index (χ1) is 9.72. The Bertz CT molecular complexity index is 572. The first kappa shape index (κ1) is 13.7. The molecular formula is C18H20ClN. The Morgan fingerprint density at radius 1 is 1.10 bits per heavy atom. The summed E-state index contributed by atoms with van der Waals surface area (Å²) in [5, 5.41) is 0.773. The molecule has 0 saturated heterocycles. The molecule has 1 aliphatic rings. The molecule has 1 fully saturated rings. The van der Waals surface area contributed by atoms with Crippen LogP contribution in [-0.2, 0) is 6.42 Å². The molecule has 0 aromatic heterocycles. The van der Waals surface area contributed by atoms with E-state index in [0.717, 1.165) is 17.4 Å². The van der Waals surface area contributed by atoms with Crippen LogP contribution in [0.5, 0.6) is 0 Å². The Morgan fingerprint density at radius 3 is 2.50 bits per heavy atom. The average molecular weight is 286 g/mol. The van der Waals surface area contributed by atoms with E-state index in [2.05, 4.69) is 36.4 Å². The maximum atomic E-state index is 6.36. The first-order valence-corrected chi connectivity index (χ1v) is 7.70. The van der Waals surface area contributed by atoms with Crippen molar-refractivity contribution in [3.8, 4) is 0 Å². The van der Waals surface area contributed by atoms with Gasteiger partial charge in [-0.2, -0.15) is 0 Å². The lowest BCUT2D eigenvalue weighted by Gasteiger charge is -2.26. The van der Waals surface area contributed by atoms with E-state index < -0.39 is 0 Å². The van der Waals surface area contributed by atoms with Crippen molar-refractivity contribution in [1.29, 1.82) is 0 Å². The SMILES string of the molecule is NC(Cc1ccc(Cl)cc1)c1cccc(C2CCC2)c1. The standard InChI is InChI=1S/C18H20ClN/c19-17-9-7-13(8-10-17)11-18(20)16-6-2-5-15(12-16)14-3-1-4-14/h2,5-10,12,14,18H,1,3-4,11,20H2. The van der Waals surface area contributed by atoms with Gasteiger partial charge in [-0.3, -0.25) is 0 Å². The molecule has 3 rings (SSSR count). The van der Waals surface area contributed by atoms with Gasteiger partial charge >= 0.3 is 0 Å². The fraction of sp³-hybridized carbons (Fsp3) is 0.333. The van der Waals surface area contributed by atoms with Crippen LogP contribution in [0.2, 0.25) is 5.02 Å². The number of hydrogen-bond donors (Lipinski definition) is 1. The quantitative estimate of drug-likeness (QED) is 0.854. The zero-order valence-electron chi connectivity index (χ0n) is 11.6. The number of nitrogens with two attached hydrogens (primary N) is 1. The van der Waals surface area contributed by atoms with Crippen LogP contribution in [0.3, 0.4) is 0 Å². The van der Waals surface area contributed by atoms with Gasteiger partial charge in [-0.15, -0.1) is 0 Å². The van der Waals surface area contributed by atoms with Crippen molar-refractivity contribution in [2.45, 2.75) is 37.6 Å². The Labute approximate surface area is 125 Å². The fourth-order valence-corrected chi connectivity index (χ4v) is 2.90. The molecule has 2 N–H and O–H groups in total. The van der Waals surface area contributed by atoms with Crippen LogP contribution in [0.4, 0.5) is 0 Å². The molecule has 0 radical (unpaired) electrons. The van der Waals surface area contributed by atoms with Crippen molar-refractivity contribution in [3.63, 3.8) is 0 Å². The van der Waals surface area contributed by atoms with E-state index in [1.54, 1.807) is 0 Å². The predicted molar refractivity (Wildman–Crippen MR) is 85.1 cm³/mol. The maximum Gasteiger partial charge on any atom is 0.0406 e. The third-order valence-corrected chi connectivity index (χ3v) is 4.54. The van der Waals surface area contributed by atoms with Crippen molar-refractivity contribution in [1.82, 2.24) is 0 Å². The van der Waals surface area contributed by atoms with Crippen LogP contribution in [0.15, 0.2) is 48.5 Å². The largest absolute Gasteiger partial charge is 0.324 e. The second-order valence-electron chi connectivity index (χ2n) is 5.74. The van der Waals surface area contributed by atoms with Crippen LogP contribution in [0.1, 0.15) is 47.9 Å². The monoisotopic (exact) mass is 285 g/mol. The summed E-state index contributed by atoms with van der Waals surface area (Å²) in [4.78, 5) is 0. The van der Waals surface area contributed by atoms with Gasteiger partial charge < -0.3 is 5.73 Å². The van der Waals surface area contributed by atoms with Crippen molar-refractivity contribution < 1.29 is 0 Å². The van der Waals surface area contributed by atoms with Gasteiger partial charge in [0.15, 0.2) is 0 Å². The van der Waals surface area contributed by atoms with Crippen LogP contribution in [0.25, 0.3) is 0 Å². The third-order valence-electron chi connectivity index (χ3n) is 4.28. The number of benzene rings is 2. The van der Waals surface area contributed by atoms with E-state index in [-0.39, 0.29) is 6.04 Å². The van der Waals surface area contributed by atoms with Gasteiger partial charge in [0.1, 0.15) is 0 Å². The van der Waals surface area contributed by atoms with Gasteiger partial charge in [0.2, 0.25) is 0 Å². The van der Waals surface area contributed by atoms with E-state index in [4.69, 9.17) is 17.3 Å². The molecule has 0 spiro atoms. The lowest BCUT2D eigenvalue weighted by molar-refractivity contribution is 0.419. The molecule has 0 aliphatic heterocycles. The number of hydrogen-bond acceptors (Lipinski definition) is 1. The lowest BCUT2D eigenvalue weighted by Crippen LogP contribution is -2.15. The highest BCUT2D eigenvalue weighted by atomic mass is 35.5. The highest BCUT2D eigenvalue weighted by molar-refractivity contribution is 6.30. The summed E-state index contributed by atoms with van der Waals surface area (Å²) < 4.78 is 0. The number of halogens is 1.